The van der Waals surface area contributed by atoms with E-state index in [1.165, 1.54) is 0 Å². The molecule has 2 aromatic carbocycles. The van der Waals surface area contributed by atoms with Crippen molar-refractivity contribution in [2.75, 3.05) is 42.4 Å². The van der Waals surface area contributed by atoms with Gasteiger partial charge in [0.15, 0.2) is 0 Å². The summed E-state index contributed by atoms with van der Waals surface area (Å²) in [5.41, 5.74) is 2.58. The van der Waals surface area contributed by atoms with Crippen molar-refractivity contribution < 1.29 is 14.3 Å². The molecule has 1 atom stereocenters. The maximum atomic E-state index is 12.6. The molecule has 6 nitrogen and oxygen atoms in total. The van der Waals surface area contributed by atoms with Crippen molar-refractivity contribution in [3.8, 4) is 5.75 Å². The summed E-state index contributed by atoms with van der Waals surface area (Å²) in [7, 11) is 3.93. The number of amides is 2. The Labute approximate surface area is 159 Å². The summed E-state index contributed by atoms with van der Waals surface area (Å²) >= 11 is 0. The van der Waals surface area contributed by atoms with Crippen LogP contribution >= 0.6 is 0 Å². The van der Waals surface area contributed by atoms with Gasteiger partial charge in [0.1, 0.15) is 5.75 Å². The zero-order chi connectivity index (χ0) is 19.4. The van der Waals surface area contributed by atoms with Crippen LogP contribution in [0.4, 0.5) is 17.1 Å². The monoisotopic (exact) mass is 367 g/mol. The molecule has 1 aliphatic rings. The normalized spacial score (nSPS) is 16.3. The van der Waals surface area contributed by atoms with Gasteiger partial charge in [-0.15, -0.1) is 0 Å². The number of carbonyl (C=O) groups excluding carboxylic acids is 2. The predicted octanol–water partition coefficient (Wildman–Crippen LogP) is 3.14. The minimum absolute atomic E-state index is 0.0396. The first-order valence-electron chi connectivity index (χ1n) is 9.09. The average molecular weight is 367 g/mol. The standard InChI is InChI=1S/C21H25N3O3/c1-4-27-19-11-9-18(10-12-19)24-14-15(13-20(24)25)21(26)22-16-5-7-17(8-6-16)23(2)3/h5-12,15H,4,13-14H2,1-3H3,(H,22,26)/t15-/m0/s1. The average Bonchev–Trinajstić information content (AvgIpc) is 3.05. The molecular formula is C21H25N3O3. The van der Waals surface area contributed by atoms with Gasteiger partial charge in [-0.05, 0) is 55.5 Å². The number of nitrogens with one attached hydrogen (secondary N) is 1. The van der Waals surface area contributed by atoms with Gasteiger partial charge >= 0.3 is 0 Å². The van der Waals surface area contributed by atoms with Gasteiger partial charge < -0.3 is 19.9 Å². The van der Waals surface area contributed by atoms with Gasteiger partial charge in [0.2, 0.25) is 11.8 Å². The van der Waals surface area contributed by atoms with E-state index < -0.39 is 0 Å². The van der Waals surface area contributed by atoms with Crippen molar-refractivity contribution in [1.29, 1.82) is 0 Å². The van der Waals surface area contributed by atoms with Gasteiger partial charge in [0.25, 0.3) is 0 Å². The molecule has 0 radical (unpaired) electrons. The molecule has 0 spiro atoms. The third-order valence-corrected chi connectivity index (χ3v) is 4.61. The summed E-state index contributed by atoms with van der Waals surface area (Å²) in [4.78, 5) is 28.6. The second kappa shape index (κ2) is 8.12. The molecule has 0 saturated carbocycles. The summed E-state index contributed by atoms with van der Waals surface area (Å²) in [6, 6.07) is 15.0. The lowest BCUT2D eigenvalue weighted by Crippen LogP contribution is -2.28. The Kier molecular flexibility index (Phi) is 5.64. The summed E-state index contributed by atoms with van der Waals surface area (Å²) in [6.45, 7) is 2.91. The van der Waals surface area contributed by atoms with Crippen LogP contribution < -0.4 is 19.9 Å². The number of rotatable bonds is 6. The summed E-state index contributed by atoms with van der Waals surface area (Å²) in [6.07, 6.45) is 0.217. The second-order valence-electron chi connectivity index (χ2n) is 6.76. The molecule has 142 valence electrons. The molecule has 2 aromatic rings. The SMILES string of the molecule is CCOc1ccc(N2C[C@@H](C(=O)Nc3ccc(N(C)C)cc3)CC2=O)cc1. The van der Waals surface area contributed by atoms with E-state index in [0.717, 1.165) is 22.8 Å². The predicted molar refractivity (Wildman–Crippen MR) is 107 cm³/mol. The van der Waals surface area contributed by atoms with Crippen LogP contribution in [0.15, 0.2) is 48.5 Å². The zero-order valence-electron chi connectivity index (χ0n) is 15.9. The topological polar surface area (TPSA) is 61.9 Å². The molecule has 0 unspecified atom stereocenters. The maximum Gasteiger partial charge on any atom is 0.229 e. The number of hydrogen-bond donors (Lipinski definition) is 1. The molecule has 0 aliphatic carbocycles. The molecule has 0 aromatic heterocycles. The van der Waals surface area contributed by atoms with Crippen molar-refractivity contribution in [3.63, 3.8) is 0 Å². The minimum Gasteiger partial charge on any atom is -0.494 e. The highest BCUT2D eigenvalue weighted by Crippen LogP contribution is 2.28. The van der Waals surface area contributed by atoms with Gasteiger partial charge in [-0.1, -0.05) is 0 Å². The highest BCUT2D eigenvalue weighted by atomic mass is 16.5. The van der Waals surface area contributed by atoms with Crippen molar-refractivity contribution in [2.24, 2.45) is 5.92 Å². The molecule has 6 heteroatoms. The Morgan fingerprint density at radius 3 is 2.41 bits per heavy atom. The summed E-state index contributed by atoms with van der Waals surface area (Å²) in [5.74, 6) is 0.234. The first-order valence-corrected chi connectivity index (χ1v) is 9.09. The lowest BCUT2D eigenvalue weighted by molar-refractivity contribution is -0.122. The van der Waals surface area contributed by atoms with Crippen LogP contribution in [0.1, 0.15) is 13.3 Å². The Bertz CT molecular complexity index is 800. The fourth-order valence-corrected chi connectivity index (χ4v) is 3.11. The Balaban J connectivity index is 1.63. The van der Waals surface area contributed by atoms with E-state index in [4.69, 9.17) is 4.74 Å². The number of hydrogen-bond acceptors (Lipinski definition) is 4. The fourth-order valence-electron chi connectivity index (χ4n) is 3.11. The van der Waals surface area contributed by atoms with Crippen molar-refractivity contribution in [1.82, 2.24) is 0 Å². The number of benzene rings is 2. The van der Waals surface area contributed by atoms with E-state index in [9.17, 15) is 9.59 Å². The van der Waals surface area contributed by atoms with Crippen LogP contribution in [0.3, 0.4) is 0 Å². The number of nitrogens with zero attached hydrogens (tertiary/aromatic N) is 2. The molecule has 1 aliphatic heterocycles. The Morgan fingerprint density at radius 2 is 1.81 bits per heavy atom. The number of carbonyl (C=O) groups is 2. The molecule has 1 heterocycles. The van der Waals surface area contributed by atoms with Crippen LogP contribution in [-0.2, 0) is 9.59 Å². The van der Waals surface area contributed by atoms with Crippen molar-refractivity contribution in [3.05, 3.63) is 48.5 Å². The lowest BCUT2D eigenvalue weighted by atomic mass is 10.1. The van der Waals surface area contributed by atoms with E-state index in [2.05, 4.69) is 5.32 Å². The molecule has 0 bridgehead atoms. The van der Waals surface area contributed by atoms with Crippen LogP contribution in [0.2, 0.25) is 0 Å². The fraction of sp³-hybridized carbons (Fsp3) is 0.333. The highest BCUT2D eigenvalue weighted by molar-refractivity contribution is 6.03. The highest BCUT2D eigenvalue weighted by Gasteiger charge is 2.35. The molecule has 2 amide bonds. The van der Waals surface area contributed by atoms with E-state index in [0.29, 0.717) is 13.2 Å². The molecule has 1 saturated heterocycles. The second-order valence-corrected chi connectivity index (χ2v) is 6.76. The van der Waals surface area contributed by atoms with Crippen molar-refractivity contribution >= 4 is 28.9 Å². The lowest BCUT2D eigenvalue weighted by Gasteiger charge is -2.17. The number of anilines is 3. The van der Waals surface area contributed by atoms with Crippen LogP contribution in [-0.4, -0.2) is 39.1 Å². The van der Waals surface area contributed by atoms with E-state index in [1.807, 2.05) is 74.4 Å². The molecule has 3 rings (SSSR count). The molecular weight excluding hydrogens is 342 g/mol. The molecule has 1 N–H and O–H groups in total. The zero-order valence-corrected chi connectivity index (χ0v) is 15.9. The Morgan fingerprint density at radius 1 is 1.15 bits per heavy atom. The van der Waals surface area contributed by atoms with Crippen LogP contribution in [0.5, 0.6) is 5.75 Å². The third kappa shape index (κ3) is 4.39. The number of ether oxygens (including phenoxy) is 1. The maximum absolute atomic E-state index is 12.6. The Hall–Kier alpha value is -3.02. The quantitative estimate of drug-likeness (QED) is 0.852. The van der Waals surface area contributed by atoms with E-state index in [1.54, 1.807) is 4.90 Å². The largest absolute Gasteiger partial charge is 0.494 e. The summed E-state index contributed by atoms with van der Waals surface area (Å²) < 4.78 is 5.43. The van der Waals surface area contributed by atoms with E-state index >= 15 is 0 Å². The smallest absolute Gasteiger partial charge is 0.229 e. The first kappa shape index (κ1) is 18.8. The van der Waals surface area contributed by atoms with Gasteiger partial charge in [0.05, 0.1) is 12.5 Å². The molecule has 1 fully saturated rings. The van der Waals surface area contributed by atoms with Gasteiger partial charge in [-0.2, -0.15) is 0 Å². The van der Waals surface area contributed by atoms with Crippen LogP contribution in [0, 0.1) is 5.92 Å². The van der Waals surface area contributed by atoms with Crippen LogP contribution in [0.25, 0.3) is 0 Å². The third-order valence-electron chi connectivity index (χ3n) is 4.61. The molecule has 27 heavy (non-hydrogen) atoms. The minimum atomic E-state index is -0.363. The van der Waals surface area contributed by atoms with Gasteiger partial charge in [0, 0.05) is 44.1 Å². The first-order chi connectivity index (χ1) is 13.0. The van der Waals surface area contributed by atoms with Gasteiger partial charge in [-0.3, -0.25) is 9.59 Å². The van der Waals surface area contributed by atoms with Gasteiger partial charge in [-0.25, -0.2) is 0 Å². The van der Waals surface area contributed by atoms with E-state index in [-0.39, 0.29) is 24.2 Å². The summed E-state index contributed by atoms with van der Waals surface area (Å²) in [5, 5.41) is 2.91. The van der Waals surface area contributed by atoms with Crippen molar-refractivity contribution in [2.45, 2.75) is 13.3 Å².